The molecule has 0 atom stereocenters. The molecule has 0 saturated carbocycles. The summed E-state index contributed by atoms with van der Waals surface area (Å²) in [6.07, 6.45) is 1.01. The number of hydrogen-bond donors (Lipinski definition) is 0. The van der Waals surface area contributed by atoms with Crippen LogP contribution in [0.4, 0.5) is 5.69 Å². The van der Waals surface area contributed by atoms with Crippen LogP contribution in [0.5, 0.6) is 0 Å². The summed E-state index contributed by atoms with van der Waals surface area (Å²) in [6, 6.07) is 13.4. The second-order valence-corrected chi connectivity index (χ2v) is 5.97. The third kappa shape index (κ3) is 3.58. The lowest BCUT2D eigenvalue weighted by Gasteiger charge is -2.04. The molecule has 0 saturated heterocycles. The summed E-state index contributed by atoms with van der Waals surface area (Å²) in [5.74, 6) is 0. The number of rotatable bonds is 4. The summed E-state index contributed by atoms with van der Waals surface area (Å²) >= 11 is 4.71. The van der Waals surface area contributed by atoms with Crippen LogP contribution < -0.4 is 0 Å². The van der Waals surface area contributed by atoms with Gasteiger partial charge in [-0.25, -0.2) is 0 Å². The van der Waals surface area contributed by atoms with Crippen molar-refractivity contribution in [2.24, 2.45) is 0 Å². The minimum atomic E-state index is -0.381. The number of nitro groups is 1. The molecule has 3 nitrogen and oxygen atoms in total. The second-order valence-electron chi connectivity index (χ2n) is 3.97. The Labute approximate surface area is 124 Å². The van der Waals surface area contributed by atoms with Gasteiger partial charge in [0.2, 0.25) is 0 Å². The number of nitrogens with zero attached hydrogens (tertiary/aromatic N) is 1. The first kappa shape index (κ1) is 14.1. The molecule has 0 heterocycles. The SMILES string of the molecule is CCc1ccc(Sc2ccc(Br)c([N+](=O)[O-])c2)cc1. The number of halogens is 1. The molecular weight excluding hydrogens is 326 g/mol. The molecule has 19 heavy (non-hydrogen) atoms. The Morgan fingerprint density at radius 1 is 1.16 bits per heavy atom. The van der Waals surface area contributed by atoms with Crippen molar-refractivity contribution in [1.82, 2.24) is 0 Å². The Kier molecular flexibility index (Phi) is 4.61. The van der Waals surface area contributed by atoms with E-state index < -0.39 is 0 Å². The van der Waals surface area contributed by atoms with Crippen molar-refractivity contribution >= 4 is 33.4 Å². The van der Waals surface area contributed by atoms with Crippen molar-refractivity contribution in [3.05, 3.63) is 62.6 Å². The van der Waals surface area contributed by atoms with Crippen LogP contribution in [0.25, 0.3) is 0 Å². The minimum absolute atomic E-state index is 0.0928. The van der Waals surface area contributed by atoms with Crippen LogP contribution >= 0.6 is 27.7 Å². The number of nitro benzene ring substituents is 1. The topological polar surface area (TPSA) is 43.1 Å². The molecule has 0 fully saturated rings. The van der Waals surface area contributed by atoms with E-state index in [1.165, 1.54) is 17.3 Å². The molecule has 0 aliphatic carbocycles. The van der Waals surface area contributed by atoms with Gasteiger partial charge in [0, 0.05) is 15.9 Å². The third-order valence-corrected chi connectivity index (χ3v) is 4.35. The zero-order valence-electron chi connectivity index (χ0n) is 10.3. The maximum atomic E-state index is 10.9. The van der Waals surface area contributed by atoms with E-state index in [2.05, 4.69) is 35.0 Å². The Morgan fingerprint density at radius 3 is 2.37 bits per heavy atom. The van der Waals surface area contributed by atoms with Crippen molar-refractivity contribution in [2.75, 3.05) is 0 Å². The first-order valence-corrected chi connectivity index (χ1v) is 7.42. The van der Waals surface area contributed by atoms with Crippen LogP contribution in [0.3, 0.4) is 0 Å². The van der Waals surface area contributed by atoms with Crippen LogP contribution in [0.1, 0.15) is 12.5 Å². The number of benzene rings is 2. The van der Waals surface area contributed by atoms with Gasteiger partial charge in [0.25, 0.3) is 5.69 Å². The molecule has 2 aromatic carbocycles. The molecule has 0 unspecified atom stereocenters. The zero-order valence-corrected chi connectivity index (χ0v) is 12.7. The fourth-order valence-electron chi connectivity index (χ4n) is 1.63. The van der Waals surface area contributed by atoms with Gasteiger partial charge >= 0.3 is 0 Å². The average molecular weight is 338 g/mol. The molecular formula is C14H12BrNO2S. The summed E-state index contributed by atoms with van der Waals surface area (Å²) in [4.78, 5) is 12.4. The van der Waals surface area contributed by atoms with E-state index in [1.54, 1.807) is 12.1 Å². The summed E-state index contributed by atoms with van der Waals surface area (Å²) in [7, 11) is 0. The van der Waals surface area contributed by atoms with E-state index in [9.17, 15) is 10.1 Å². The van der Waals surface area contributed by atoms with Gasteiger partial charge in [0.05, 0.1) is 9.40 Å². The maximum Gasteiger partial charge on any atom is 0.284 e. The van der Waals surface area contributed by atoms with Gasteiger partial charge < -0.3 is 0 Å². The molecule has 0 aromatic heterocycles. The Hall–Kier alpha value is -1.33. The van der Waals surface area contributed by atoms with Gasteiger partial charge in [-0.3, -0.25) is 10.1 Å². The Bertz CT molecular complexity index is 599. The van der Waals surface area contributed by atoms with Crippen LogP contribution in [-0.4, -0.2) is 4.92 Å². The molecule has 2 rings (SSSR count). The lowest BCUT2D eigenvalue weighted by atomic mass is 10.2. The van der Waals surface area contributed by atoms with Gasteiger partial charge in [-0.05, 0) is 52.2 Å². The zero-order chi connectivity index (χ0) is 13.8. The standard InChI is InChI=1S/C14H12BrNO2S/c1-2-10-3-5-11(6-4-10)19-12-7-8-13(15)14(9-12)16(17)18/h3-9H,2H2,1H3. The molecule has 0 aliphatic heterocycles. The van der Waals surface area contributed by atoms with E-state index in [0.717, 1.165) is 16.2 Å². The molecule has 0 amide bonds. The van der Waals surface area contributed by atoms with Crippen molar-refractivity contribution in [3.63, 3.8) is 0 Å². The lowest BCUT2D eigenvalue weighted by Crippen LogP contribution is -1.89. The highest BCUT2D eigenvalue weighted by Gasteiger charge is 2.12. The van der Waals surface area contributed by atoms with Crippen LogP contribution in [0.15, 0.2) is 56.7 Å². The van der Waals surface area contributed by atoms with Crippen LogP contribution in [-0.2, 0) is 6.42 Å². The maximum absolute atomic E-state index is 10.9. The fraction of sp³-hybridized carbons (Fsp3) is 0.143. The van der Waals surface area contributed by atoms with E-state index in [0.29, 0.717) is 4.47 Å². The monoisotopic (exact) mass is 337 g/mol. The van der Waals surface area contributed by atoms with Crippen molar-refractivity contribution in [1.29, 1.82) is 0 Å². The molecule has 98 valence electrons. The molecule has 0 aliphatic rings. The third-order valence-electron chi connectivity index (χ3n) is 2.68. The first-order chi connectivity index (χ1) is 9.10. The molecule has 2 aromatic rings. The fourth-order valence-corrected chi connectivity index (χ4v) is 2.87. The smallest absolute Gasteiger partial charge is 0.258 e. The predicted octanol–water partition coefficient (Wildman–Crippen LogP) is 5.07. The summed E-state index contributed by atoms with van der Waals surface area (Å²) in [5.41, 5.74) is 1.38. The molecule has 5 heteroatoms. The van der Waals surface area contributed by atoms with Gasteiger partial charge in [-0.2, -0.15) is 0 Å². The average Bonchev–Trinajstić information content (AvgIpc) is 2.41. The van der Waals surface area contributed by atoms with Gasteiger partial charge in [0.15, 0.2) is 0 Å². The molecule has 0 radical (unpaired) electrons. The van der Waals surface area contributed by atoms with E-state index in [-0.39, 0.29) is 10.6 Å². The van der Waals surface area contributed by atoms with Crippen molar-refractivity contribution in [3.8, 4) is 0 Å². The molecule has 0 spiro atoms. The summed E-state index contributed by atoms with van der Waals surface area (Å²) in [5, 5.41) is 10.9. The van der Waals surface area contributed by atoms with Gasteiger partial charge in [0.1, 0.15) is 0 Å². The molecule has 0 bridgehead atoms. The number of hydrogen-bond acceptors (Lipinski definition) is 3. The van der Waals surface area contributed by atoms with Crippen molar-refractivity contribution in [2.45, 2.75) is 23.1 Å². The first-order valence-electron chi connectivity index (χ1n) is 5.81. The largest absolute Gasteiger partial charge is 0.284 e. The van der Waals surface area contributed by atoms with Gasteiger partial charge in [-0.1, -0.05) is 30.8 Å². The highest BCUT2D eigenvalue weighted by Crippen LogP contribution is 2.33. The minimum Gasteiger partial charge on any atom is -0.258 e. The van der Waals surface area contributed by atoms with E-state index >= 15 is 0 Å². The van der Waals surface area contributed by atoms with Gasteiger partial charge in [-0.15, -0.1) is 0 Å². The highest BCUT2D eigenvalue weighted by atomic mass is 79.9. The van der Waals surface area contributed by atoms with E-state index in [4.69, 9.17) is 0 Å². The normalized spacial score (nSPS) is 10.4. The Balaban J connectivity index is 2.22. The summed E-state index contributed by atoms with van der Waals surface area (Å²) in [6.45, 7) is 2.11. The van der Waals surface area contributed by atoms with E-state index in [1.807, 2.05) is 18.2 Å². The second kappa shape index (κ2) is 6.21. The van der Waals surface area contributed by atoms with Crippen molar-refractivity contribution < 1.29 is 4.92 Å². The lowest BCUT2D eigenvalue weighted by molar-refractivity contribution is -0.385. The quantitative estimate of drug-likeness (QED) is 0.577. The Morgan fingerprint density at radius 2 is 1.79 bits per heavy atom. The van der Waals surface area contributed by atoms with Crippen LogP contribution in [0, 0.1) is 10.1 Å². The predicted molar refractivity (Wildman–Crippen MR) is 80.7 cm³/mol. The van der Waals surface area contributed by atoms with Crippen LogP contribution in [0.2, 0.25) is 0 Å². The molecule has 0 N–H and O–H groups in total. The number of aryl methyl sites for hydroxylation is 1. The highest BCUT2D eigenvalue weighted by molar-refractivity contribution is 9.10. The summed E-state index contributed by atoms with van der Waals surface area (Å²) < 4.78 is 0.503.